The van der Waals surface area contributed by atoms with Gasteiger partial charge in [-0.1, -0.05) is 30.3 Å². The van der Waals surface area contributed by atoms with Crippen LogP contribution in [-0.2, 0) is 14.6 Å². The quantitative estimate of drug-likeness (QED) is 0.871. The summed E-state index contributed by atoms with van der Waals surface area (Å²) in [5.41, 5.74) is 6.66. The van der Waals surface area contributed by atoms with Crippen molar-refractivity contribution in [1.82, 2.24) is 4.90 Å². The molecule has 1 heterocycles. The Hall–Kier alpha value is -1.40. The third kappa shape index (κ3) is 3.63. The Morgan fingerprint density at radius 2 is 2.05 bits per heavy atom. The van der Waals surface area contributed by atoms with Gasteiger partial charge in [0.25, 0.3) is 0 Å². The summed E-state index contributed by atoms with van der Waals surface area (Å²) in [5.74, 6) is -0.249. The van der Waals surface area contributed by atoms with Crippen molar-refractivity contribution < 1.29 is 13.2 Å². The molecule has 2 atom stereocenters. The largest absolute Gasteiger partial charge is 0.338 e. The summed E-state index contributed by atoms with van der Waals surface area (Å²) in [6.07, 6.45) is 0.522. The first kappa shape index (κ1) is 16.0. The van der Waals surface area contributed by atoms with Gasteiger partial charge in [-0.3, -0.25) is 4.79 Å². The Kier molecular flexibility index (Phi) is 5.00. The minimum atomic E-state index is -3.01. The van der Waals surface area contributed by atoms with Gasteiger partial charge in [-0.05, 0) is 18.9 Å². The summed E-state index contributed by atoms with van der Waals surface area (Å²) in [5, 5.41) is 0. The molecule has 0 radical (unpaired) electrons. The van der Waals surface area contributed by atoms with Gasteiger partial charge in [-0.15, -0.1) is 0 Å². The number of benzene rings is 1. The van der Waals surface area contributed by atoms with Crippen LogP contribution in [0.25, 0.3) is 0 Å². The van der Waals surface area contributed by atoms with Crippen molar-refractivity contribution in [3.63, 3.8) is 0 Å². The van der Waals surface area contributed by atoms with Gasteiger partial charge < -0.3 is 10.6 Å². The number of nitrogens with two attached hydrogens (primary N) is 1. The summed E-state index contributed by atoms with van der Waals surface area (Å²) in [6, 6.07) is 9.19. The number of nitrogens with zero attached hydrogens (tertiary/aromatic N) is 1. The number of carbonyl (C=O) groups is 1. The number of hydrogen-bond acceptors (Lipinski definition) is 4. The number of amides is 1. The van der Waals surface area contributed by atoms with Crippen LogP contribution in [0.2, 0.25) is 0 Å². The van der Waals surface area contributed by atoms with E-state index in [4.69, 9.17) is 5.73 Å². The lowest BCUT2D eigenvalue weighted by atomic mass is 9.97. The standard InChI is InChI=1S/C15H22N2O3S/c1-2-17(13-8-9-21(19,20)11-13)15(18)14(10-16)12-6-4-3-5-7-12/h3-7,13-14H,2,8-11,16H2,1H3. The second kappa shape index (κ2) is 6.58. The molecule has 0 saturated carbocycles. The SMILES string of the molecule is CCN(C(=O)C(CN)c1ccccc1)C1CCS(=O)(=O)C1. The summed E-state index contributed by atoms with van der Waals surface area (Å²) < 4.78 is 23.3. The number of carbonyl (C=O) groups excluding carboxylic acids is 1. The van der Waals surface area contributed by atoms with Gasteiger partial charge in [-0.25, -0.2) is 8.42 Å². The molecule has 1 aliphatic heterocycles. The van der Waals surface area contributed by atoms with Crippen LogP contribution in [0.4, 0.5) is 0 Å². The van der Waals surface area contributed by atoms with E-state index in [1.165, 1.54) is 0 Å². The molecular weight excluding hydrogens is 288 g/mol. The predicted molar refractivity (Wildman–Crippen MR) is 82.7 cm³/mol. The van der Waals surface area contributed by atoms with Crippen molar-refractivity contribution in [2.24, 2.45) is 5.73 Å². The molecule has 1 amide bonds. The molecule has 0 spiro atoms. The van der Waals surface area contributed by atoms with Gasteiger partial charge in [0.05, 0.1) is 17.4 Å². The second-order valence-electron chi connectivity index (χ2n) is 5.38. The van der Waals surface area contributed by atoms with Gasteiger partial charge in [0.15, 0.2) is 9.84 Å². The molecule has 0 aromatic heterocycles. The van der Waals surface area contributed by atoms with Crippen molar-refractivity contribution in [1.29, 1.82) is 0 Å². The molecule has 5 nitrogen and oxygen atoms in total. The first-order valence-electron chi connectivity index (χ1n) is 7.24. The molecule has 0 aliphatic carbocycles. The topological polar surface area (TPSA) is 80.5 Å². The van der Waals surface area contributed by atoms with Gasteiger partial charge in [0.1, 0.15) is 0 Å². The van der Waals surface area contributed by atoms with Gasteiger partial charge >= 0.3 is 0 Å². The van der Waals surface area contributed by atoms with Crippen molar-refractivity contribution >= 4 is 15.7 Å². The van der Waals surface area contributed by atoms with Crippen LogP contribution in [0, 0.1) is 0 Å². The zero-order chi connectivity index (χ0) is 15.5. The van der Waals surface area contributed by atoms with Crippen LogP contribution in [0.1, 0.15) is 24.8 Å². The van der Waals surface area contributed by atoms with E-state index in [9.17, 15) is 13.2 Å². The average Bonchev–Trinajstić information content (AvgIpc) is 2.82. The van der Waals surface area contributed by atoms with Crippen molar-refractivity contribution in [2.75, 3.05) is 24.6 Å². The zero-order valence-corrected chi connectivity index (χ0v) is 13.1. The van der Waals surface area contributed by atoms with E-state index in [1.807, 2.05) is 37.3 Å². The normalized spacial score (nSPS) is 21.9. The van der Waals surface area contributed by atoms with Crippen LogP contribution in [0.3, 0.4) is 0 Å². The highest BCUT2D eigenvalue weighted by Crippen LogP contribution is 2.23. The Labute approximate surface area is 126 Å². The average molecular weight is 310 g/mol. The second-order valence-corrected chi connectivity index (χ2v) is 7.61. The monoisotopic (exact) mass is 310 g/mol. The van der Waals surface area contributed by atoms with E-state index in [0.717, 1.165) is 5.56 Å². The van der Waals surface area contributed by atoms with E-state index < -0.39 is 15.8 Å². The zero-order valence-electron chi connectivity index (χ0n) is 12.2. The predicted octanol–water partition coefficient (Wildman–Crippen LogP) is 0.765. The van der Waals surface area contributed by atoms with E-state index in [0.29, 0.717) is 13.0 Å². The molecule has 2 rings (SSSR count). The summed E-state index contributed by atoms with van der Waals surface area (Å²) >= 11 is 0. The third-order valence-corrected chi connectivity index (χ3v) is 5.76. The Morgan fingerprint density at radius 3 is 2.52 bits per heavy atom. The van der Waals surface area contributed by atoms with Crippen molar-refractivity contribution in [2.45, 2.75) is 25.3 Å². The van der Waals surface area contributed by atoms with E-state index >= 15 is 0 Å². The molecule has 1 saturated heterocycles. The Balaban J connectivity index is 2.19. The first-order chi connectivity index (χ1) is 9.98. The first-order valence-corrected chi connectivity index (χ1v) is 9.06. The molecule has 1 aromatic rings. The fourth-order valence-electron chi connectivity index (χ4n) is 2.88. The van der Waals surface area contributed by atoms with E-state index in [-0.39, 0.29) is 30.0 Å². The molecule has 2 unspecified atom stereocenters. The van der Waals surface area contributed by atoms with Crippen LogP contribution in [0.5, 0.6) is 0 Å². The minimum Gasteiger partial charge on any atom is -0.338 e. The number of likely N-dealkylation sites (N-methyl/N-ethyl adjacent to an activating group) is 1. The van der Waals surface area contributed by atoms with Crippen LogP contribution < -0.4 is 5.73 Å². The van der Waals surface area contributed by atoms with Gasteiger partial charge in [-0.2, -0.15) is 0 Å². The maximum atomic E-state index is 12.8. The lowest BCUT2D eigenvalue weighted by molar-refractivity contribution is -0.134. The van der Waals surface area contributed by atoms with Gasteiger partial charge in [0.2, 0.25) is 5.91 Å². The molecule has 6 heteroatoms. The highest BCUT2D eigenvalue weighted by Gasteiger charge is 2.36. The maximum absolute atomic E-state index is 12.8. The lowest BCUT2D eigenvalue weighted by Crippen LogP contribution is -2.45. The fraction of sp³-hybridized carbons (Fsp3) is 0.533. The third-order valence-electron chi connectivity index (χ3n) is 4.01. The maximum Gasteiger partial charge on any atom is 0.231 e. The van der Waals surface area contributed by atoms with Crippen molar-refractivity contribution in [3.05, 3.63) is 35.9 Å². The highest BCUT2D eigenvalue weighted by atomic mass is 32.2. The van der Waals surface area contributed by atoms with Crippen molar-refractivity contribution in [3.8, 4) is 0 Å². The fourth-order valence-corrected chi connectivity index (χ4v) is 4.61. The van der Waals surface area contributed by atoms with E-state index in [1.54, 1.807) is 4.90 Å². The molecule has 21 heavy (non-hydrogen) atoms. The summed E-state index contributed by atoms with van der Waals surface area (Å²) in [6.45, 7) is 2.60. The molecular formula is C15H22N2O3S. The molecule has 2 N–H and O–H groups in total. The van der Waals surface area contributed by atoms with E-state index in [2.05, 4.69) is 0 Å². The Morgan fingerprint density at radius 1 is 1.38 bits per heavy atom. The highest BCUT2D eigenvalue weighted by molar-refractivity contribution is 7.91. The number of sulfone groups is 1. The molecule has 1 fully saturated rings. The number of rotatable bonds is 5. The molecule has 1 aliphatic rings. The molecule has 1 aromatic carbocycles. The smallest absolute Gasteiger partial charge is 0.231 e. The number of hydrogen-bond donors (Lipinski definition) is 1. The molecule has 0 bridgehead atoms. The Bertz CT molecular complexity index is 586. The summed E-state index contributed by atoms with van der Waals surface area (Å²) in [7, 11) is -3.01. The van der Waals surface area contributed by atoms with Crippen LogP contribution >= 0.6 is 0 Å². The summed E-state index contributed by atoms with van der Waals surface area (Å²) in [4.78, 5) is 14.4. The molecule has 116 valence electrons. The van der Waals surface area contributed by atoms with Gasteiger partial charge in [0, 0.05) is 19.1 Å². The lowest BCUT2D eigenvalue weighted by Gasteiger charge is -2.30. The van der Waals surface area contributed by atoms with Crippen LogP contribution in [0.15, 0.2) is 30.3 Å². The minimum absolute atomic E-state index is 0.0681. The van der Waals surface area contributed by atoms with Crippen LogP contribution in [-0.4, -0.2) is 49.9 Å².